The number of ether oxygens (including phenoxy) is 1. The zero-order valence-electron chi connectivity index (χ0n) is 12.2. The number of hydrogen-bond donors (Lipinski definition) is 1. The van der Waals surface area contributed by atoms with Crippen LogP contribution in [0.4, 0.5) is 9.52 Å². The Bertz CT molecular complexity index is 711. The maximum atomic E-state index is 13.5. The highest BCUT2D eigenvalue weighted by atomic mass is 32.1. The van der Waals surface area contributed by atoms with Crippen molar-refractivity contribution >= 4 is 32.6 Å². The summed E-state index contributed by atoms with van der Waals surface area (Å²) in [6.07, 6.45) is 1.12. The second kappa shape index (κ2) is 5.03. The Morgan fingerprint density at radius 1 is 1.52 bits per heavy atom. The number of hydrogen-bond acceptors (Lipinski definition) is 4. The van der Waals surface area contributed by atoms with Crippen LogP contribution in [0.2, 0.25) is 0 Å². The first kappa shape index (κ1) is 14.4. The summed E-state index contributed by atoms with van der Waals surface area (Å²) in [4.78, 5) is 16.5. The average Bonchev–Trinajstić information content (AvgIpc) is 2.97. The van der Waals surface area contributed by atoms with Gasteiger partial charge >= 0.3 is 0 Å². The summed E-state index contributed by atoms with van der Waals surface area (Å²) in [5.41, 5.74) is 0.848. The molecular weight excluding hydrogens is 291 g/mol. The molecule has 1 aromatic carbocycles. The van der Waals surface area contributed by atoms with Gasteiger partial charge in [-0.05, 0) is 45.7 Å². The topological polar surface area (TPSA) is 51.2 Å². The van der Waals surface area contributed by atoms with E-state index in [1.165, 1.54) is 17.4 Å². The quantitative estimate of drug-likeness (QED) is 0.921. The van der Waals surface area contributed by atoms with Gasteiger partial charge in [0.15, 0.2) is 5.13 Å². The predicted molar refractivity (Wildman–Crippen MR) is 81.1 cm³/mol. The molecule has 21 heavy (non-hydrogen) atoms. The van der Waals surface area contributed by atoms with Gasteiger partial charge in [0, 0.05) is 5.56 Å². The lowest BCUT2D eigenvalue weighted by molar-refractivity contribution is -0.129. The number of halogens is 1. The molecule has 112 valence electrons. The van der Waals surface area contributed by atoms with Crippen LogP contribution in [0.15, 0.2) is 12.1 Å². The molecular formula is C15H17FN2O2S. The van der Waals surface area contributed by atoms with E-state index in [1.54, 1.807) is 13.0 Å². The lowest BCUT2D eigenvalue weighted by atomic mass is 10.1. The molecule has 1 N–H and O–H groups in total. The maximum Gasteiger partial charge on any atom is 0.255 e. The Morgan fingerprint density at radius 3 is 2.95 bits per heavy atom. The standard InChI is InChI=1S/C15H17FN2O2S/c1-8-9(16)4-5-11-12(8)17-14(21-11)18-13(19)10-6-7-15(2,3)20-10/h4-5,10H,6-7H2,1-3H3,(H,17,18,19). The van der Waals surface area contributed by atoms with Crippen molar-refractivity contribution in [1.82, 2.24) is 4.98 Å². The van der Waals surface area contributed by atoms with E-state index in [2.05, 4.69) is 10.3 Å². The number of amides is 1. The smallest absolute Gasteiger partial charge is 0.255 e. The molecule has 0 aliphatic carbocycles. The van der Waals surface area contributed by atoms with Crippen molar-refractivity contribution in [3.8, 4) is 0 Å². The largest absolute Gasteiger partial charge is 0.363 e. The molecule has 1 aliphatic heterocycles. The van der Waals surface area contributed by atoms with E-state index in [0.29, 0.717) is 22.6 Å². The lowest BCUT2D eigenvalue weighted by Gasteiger charge is -2.18. The fourth-order valence-electron chi connectivity index (χ4n) is 2.51. The number of nitrogens with one attached hydrogen (secondary N) is 1. The normalized spacial score (nSPS) is 20.9. The van der Waals surface area contributed by atoms with Gasteiger partial charge in [0.2, 0.25) is 0 Å². The van der Waals surface area contributed by atoms with Crippen LogP contribution >= 0.6 is 11.3 Å². The number of carbonyl (C=O) groups is 1. The van der Waals surface area contributed by atoms with Crippen LogP contribution in [-0.2, 0) is 9.53 Å². The highest BCUT2D eigenvalue weighted by Gasteiger charge is 2.36. The minimum absolute atomic E-state index is 0.183. The molecule has 0 radical (unpaired) electrons. The Balaban J connectivity index is 1.79. The van der Waals surface area contributed by atoms with Crippen LogP contribution in [0.3, 0.4) is 0 Å². The number of aromatic nitrogens is 1. The van der Waals surface area contributed by atoms with Crippen LogP contribution in [0.1, 0.15) is 32.3 Å². The van der Waals surface area contributed by atoms with Crippen molar-refractivity contribution in [2.24, 2.45) is 0 Å². The molecule has 0 bridgehead atoms. The van der Waals surface area contributed by atoms with E-state index in [1.807, 2.05) is 13.8 Å². The van der Waals surface area contributed by atoms with E-state index in [4.69, 9.17) is 4.74 Å². The second-order valence-electron chi connectivity index (χ2n) is 5.93. The van der Waals surface area contributed by atoms with E-state index < -0.39 is 6.10 Å². The molecule has 6 heteroatoms. The number of nitrogens with zero attached hydrogens (tertiary/aromatic N) is 1. The number of thiazole rings is 1. The van der Waals surface area contributed by atoms with Gasteiger partial charge in [-0.1, -0.05) is 11.3 Å². The van der Waals surface area contributed by atoms with Crippen molar-refractivity contribution < 1.29 is 13.9 Å². The van der Waals surface area contributed by atoms with Crippen LogP contribution in [-0.4, -0.2) is 22.6 Å². The van der Waals surface area contributed by atoms with Gasteiger partial charge in [-0.25, -0.2) is 9.37 Å². The molecule has 1 aromatic heterocycles. The molecule has 0 saturated carbocycles. The Hall–Kier alpha value is -1.53. The monoisotopic (exact) mass is 308 g/mol. The SMILES string of the molecule is Cc1c(F)ccc2sc(NC(=O)C3CCC(C)(C)O3)nc12. The zero-order chi connectivity index (χ0) is 15.2. The molecule has 1 unspecified atom stereocenters. The third kappa shape index (κ3) is 2.78. The Kier molecular flexibility index (Phi) is 3.45. The summed E-state index contributed by atoms with van der Waals surface area (Å²) in [6.45, 7) is 5.64. The fraction of sp³-hybridized carbons (Fsp3) is 0.467. The number of aryl methyl sites for hydroxylation is 1. The average molecular weight is 308 g/mol. The van der Waals surface area contributed by atoms with E-state index >= 15 is 0 Å². The van der Waals surface area contributed by atoms with Gasteiger partial charge < -0.3 is 4.74 Å². The van der Waals surface area contributed by atoms with Crippen LogP contribution in [0.25, 0.3) is 10.2 Å². The van der Waals surface area contributed by atoms with E-state index in [-0.39, 0.29) is 17.3 Å². The third-order valence-corrected chi connectivity index (χ3v) is 4.68. The molecule has 2 heterocycles. The molecule has 1 saturated heterocycles. The summed E-state index contributed by atoms with van der Waals surface area (Å²) in [5.74, 6) is -0.468. The van der Waals surface area contributed by atoms with E-state index in [0.717, 1.165) is 11.1 Å². The number of anilines is 1. The van der Waals surface area contributed by atoms with Crippen molar-refractivity contribution in [3.05, 3.63) is 23.5 Å². The molecule has 4 nitrogen and oxygen atoms in total. The van der Waals surface area contributed by atoms with Gasteiger partial charge in [0.05, 0.1) is 15.8 Å². The van der Waals surface area contributed by atoms with Gasteiger partial charge in [0.25, 0.3) is 5.91 Å². The third-order valence-electron chi connectivity index (χ3n) is 3.74. The molecule has 1 fully saturated rings. The number of benzene rings is 1. The minimum atomic E-state index is -0.440. The summed E-state index contributed by atoms with van der Waals surface area (Å²) < 4.78 is 20.1. The highest BCUT2D eigenvalue weighted by Crippen LogP contribution is 2.32. The predicted octanol–water partition coefficient (Wildman–Crippen LogP) is 3.64. The molecule has 3 rings (SSSR count). The molecule has 1 atom stereocenters. The number of fused-ring (bicyclic) bond motifs is 1. The lowest BCUT2D eigenvalue weighted by Crippen LogP contribution is -2.30. The first-order valence-corrected chi connectivity index (χ1v) is 7.72. The molecule has 1 amide bonds. The first-order valence-electron chi connectivity index (χ1n) is 6.90. The Labute approximate surface area is 126 Å². The summed E-state index contributed by atoms with van der Waals surface area (Å²) in [5, 5.41) is 3.26. The number of rotatable bonds is 2. The molecule has 2 aromatic rings. The van der Waals surface area contributed by atoms with Crippen LogP contribution in [0.5, 0.6) is 0 Å². The molecule has 0 spiro atoms. The highest BCUT2D eigenvalue weighted by molar-refractivity contribution is 7.22. The first-order chi connectivity index (χ1) is 9.85. The van der Waals surface area contributed by atoms with Crippen LogP contribution < -0.4 is 5.32 Å². The van der Waals surface area contributed by atoms with Crippen LogP contribution in [0, 0.1) is 12.7 Å². The second-order valence-corrected chi connectivity index (χ2v) is 6.96. The van der Waals surface area contributed by atoms with Gasteiger partial charge in [0.1, 0.15) is 11.9 Å². The van der Waals surface area contributed by atoms with Crippen molar-refractivity contribution in [2.75, 3.05) is 5.32 Å². The van der Waals surface area contributed by atoms with Gasteiger partial charge in [-0.3, -0.25) is 10.1 Å². The van der Waals surface area contributed by atoms with Crippen molar-refractivity contribution in [2.45, 2.75) is 45.3 Å². The summed E-state index contributed by atoms with van der Waals surface area (Å²) in [7, 11) is 0. The van der Waals surface area contributed by atoms with E-state index in [9.17, 15) is 9.18 Å². The minimum Gasteiger partial charge on any atom is -0.363 e. The fourth-order valence-corrected chi connectivity index (χ4v) is 3.43. The van der Waals surface area contributed by atoms with Crippen molar-refractivity contribution in [3.63, 3.8) is 0 Å². The van der Waals surface area contributed by atoms with Gasteiger partial charge in [-0.2, -0.15) is 0 Å². The van der Waals surface area contributed by atoms with Gasteiger partial charge in [-0.15, -0.1) is 0 Å². The summed E-state index contributed by atoms with van der Waals surface area (Å²) in [6, 6.07) is 3.10. The number of carbonyl (C=O) groups excluding carboxylic acids is 1. The summed E-state index contributed by atoms with van der Waals surface area (Å²) >= 11 is 1.34. The maximum absolute atomic E-state index is 13.5. The zero-order valence-corrected chi connectivity index (χ0v) is 13.0. The molecule has 1 aliphatic rings. The van der Waals surface area contributed by atoms with Crippen molar-refractivity contribution in [1.29, 1.82) is 0 Å². The Morgan fingerprint density at radius 2 is 2.29 bits per heavy atom.